The minimum Gasteiger partial charge on any atom is -0.462 e. The van der Waals surface area contributed by atoms with Crippen LogP contribution in [0, 0.1) is 5.92 Å². The van der Waals surface area contributed by atoms with Crippen molar-refractivity contribution in [2.24, 2.45) is 5.92 Å². The number of carbonyl (C=O) groups is 1. The number of hydrogen-bond acceptors (Lipinski definition) is 3. The van der Waals surface area contributed by atoms with E-state index in [1.807, 2.05) is 6.92 Å². The number of ether oxygens (including phenoxy) is 1. The molecule has 1 fully saturated rings. The van der Waals surface area contributed by atoms with Gasteiger partial charge in [-0.2, -0.15) is 0 Å². The van der Waals surface area contributed by atoms with Gasteiger partial charge in [0.2, 0.25) is 0 Å². The zero-order valence-electron chi connectivity index (χ0n) is 10.0. The number of carbonyl (C=O) groups excluding carboxylic acids is 1. The summed E-state index contributed by atoms with van der Waals surface area (Å²) in [5, 5.41) is 0. The van der Waals surface area contributed by atoms with Gasteiger partial charge < -0.3 is 9.64 Å². The molecular weight excluding hydrogens is 214 g/mol. The molecule has 0 aromatic carbocycles. The van der Waals surface area contributed by atoms with Gasteiger partial charge in [0.05, 0.1) is 0 Å². The SMILES string of the molecule is CCC(=O)OC1CC(C)N(C)CC1C.Cl. The van der Waals surface area contributed by atoms with Crippen molar-refractivity contribution >= 4 is 18.4 Å². The lowest BCUT2D eigenvalue weighted by atomic mass is 9.92. The summed E-state index contributed by atoms with van der Waals surface area (Å²) >= 11 is 0. The molecule has 1 heterocycles. The Kier molecular flexibility index (Phi) is 6.22. The number of likely N-dealkylation sites (tertiary alicyclic amines) is 1. The van der Waals surface area contributed by atoms with Crippen molar-refractivity contribution in [1.29, 1.82) is 0 Å². The molecule has 0 N–H and O–H groups in total. The van der Waals surface area contributed by atoms with Crippen LogP contribution in [0.5, 0.6) is 0 Å². The summed E-state index contributed by atoms with van der Waals surface area (Å²) in [7, 11) is 2.12. The quantitative estimate of drug-likeness (QED) is 0.687. The third kappa shape index (κ3) is 3.99. The predicted molar refractivity (Wildman–Crippen MR) is 63.3 cm³/mol. The maximum Gasteiger partial charge on any atom is 0.305 e. The van der Waals surface area contributed by atoms with Crippen LogP contribution in [0.4, 0.5) is 0 Å². The molecule has 0 aliphatic carbocycles. The van der Waals surface area contributed by atoms with Crippen molar-refractivity contribution in [2.45, 2.75) is 45.8 Å². The monoisotopic (exact) mass is 235 g/mol. The van der Waals surface area contributed by atoms with Crippen molar-refractivity contribution in [2.75, 3.05) is 13.6 Å². The lowest BCUT2D eigenvalue weighted by molar-refractivity contribution is -0.155. The van der Waals surface area contributed by atoms with E-state index in [4.69, 9.17) is 4.74 Å². The first-order valence-electron chi connectivity index (χ1n) is 5.44. The topological polar surface area (TPSA) is 29.5 Å². The molecule has 1 saturated heterocycles. The Labute approximate surface area is 98.6 Å². The number of hydrogen-bond donors (Lipinski definition) is 0. The Hall–Kier alpha value is -0.280. The first-order chi connectivity index (χ1) is 6.54. The maximum absolute atomic E-state index is 11.2. The third-order valence-corrected chi connectivity index (χ3v) is 3.11. The van der Waals surface area contributed by atoms with Crippen LogP contribution in [0.1, 0.15) is 33.6 Å². The lowest BCUT2D eigenvalue weighted by Crippen LogP contribution is -2.46. The number of nitrogens with zero attached hydrogens (tertiary/aromatic N) is 1. The van der Waals surface area contributed by atoms with Crippen LogP contribution in [0.25, 0.3) is 0 Å². The standard InChI is InChI=1S/C11H21NO2.ClH/c1-5-11(13)14-10-6-9(3)12(4)7-8(10)2;/h8-10H,5-7H2,1-4H3;1H. The maximum atomic E-state index is 11.2. The van der Waals surface area contributed by atoms with E-state index in [0.29, 0.717) is 18.4 Å². The first-order valence-corrected chi connectivity index (χ1v) is 5.44. The average molecular weight is 236 g/mol. The van der Waals surface area contributed by atoms with Gasteiger partial charge in [0.15, 0.2) is 0 Å². The summed E-state index contributed by atoms with van der Waals surface area (Å²) < 4.78 is 5.41. The smallest absolute Gasteiger partial charge is 0.305 e. The second-order valence-corrected chi connectivity index (χ2v) is 4.38. The second-order valence-electron chi connectivity index (χ2n) is 4.38. The number of halogens is 1. The van der Waals surface area contributed by atoms with E-state index in [2.05, 4.69) is 25.8 Å². The molecule has 0 aromatic heterocycles. The number of piperidine rings is 1. The van der Waals surface area contributed by atoms with E-state index in [1.165, 1.54) is 0 Å². The van der Waals surface area contributed by atoms with Gasteiger partial charge in [-0.25, -0.2) is 0 Å². The van der Waals surface area contributed by atoms with Crippen molar-refractivity contribution < 1.29 is 9.53 Å². The second kappa shape index (κ2) is 6.33. The Morgan fingerprint density at radius 1 is 1.47 bits per heavy atom. The Morgan fingerprint density at radius 3 is 2.60 bits per heavy atom. The Morgan fingerprint density at radius 2 is 2.07 bits per heavy atom. The van der Waals surface area contributed by atoms with Crippen LogP contribution in [-0.4, -0.2) is 36.6 Å². The molecule has 4 heteroatoms. The average Bonchev–Trinajstić information content (AvgIpc) is 2.14. The molecule has 0 aromatic rings. The molecule has 3 nitrogen and oxygen atoms in total. The van der Waals surface area contributed by atoms with E-state index in [0.717, 1.165) is 13.0 Å². The van der Waals surface area contributed by atoms with Gasteiger partial charge in [-0.3, -0.25) is 4.79 Å². The van der Waals surface area contributed by atoms with Crippen LogP contribution in [0.15, 0.2) is 0 Å². The summed E-state index contributed by atoms with van der Waals surface area (Å²) in [5.41, 5.74) is 0. The van der Waals surface area contributed by atoms with Crippen LogP contribution < -0.4 is 0 Å². The third-order valence-electron chi connectivity index (χ3n) is 3.11. The van der Waals surface area contributed by atoms with E-state index >= 15 is 0 Å². The van der Waals surface area contributed by atoms with E-state index in [1.54, 1.807) is 0 Å². The molecule has 0 amide bonds. The zero-order chi connectivity index (χ0) is 10.7. The van der Waals surface area contributed by atoms with E-state index in [-0.39, 0.29) is 24.5 Å². The molecule has 90 valence electrons. The zero-order valence-corrected chi connectivity index (χ0v) is 10.8. The molecule has 1 rings (SSSR count). The molecule has 0 bridgehead atoms. The highest BCUT2D eigenvalue weighted by molar-refractivity contribution is 5.85. The molecule has 0 saturated carbocycles. The van der Waals surface area contributed by atoms with Gasteiger partial charge >= 0.3 is 5.97 Å². The molecule has 0 radical (unpaired) electrons. The summed E-state index contributed by atoms with van der Waals surface area (Å²) in [4.78, 5) is 13.5. The van der Waals surface area contributed by atoms with Gasteiger partial charge in [-0.1, -0.05) is 13.8 Å². The van der Waals surface area contributed by atoms with Gasteiger partial charge in [0.25, 0.3) is 0 Å². The van der Waals surface area contributed by atoms with Gasteiger partial charge in [-0.05, 0) is 20.4 Å². The number of esters is 1. The Balaban J connectivity index is 0.00000196. The summed E-state index contributed by atoms with van der Waals surface area (Å²) in [6.45, 7) is 7.18. The lowest BCUT2D eigenvalue weighted by Gasteiger charge is -2.38. The van der Waals surface area contributed by atoms with Gasteiger partial charge in [0, 0.05) is 24.9 Å². The van der Waals surface area contributed by atoms with Crippen molar-refractivity contribution in [3.8, 4) is 0 Å². The normalized spacial score (nSPS) is 31.9. The molecule has 3 unspecified atom stereocenters. The molecule has 1 aliphatic heterocycles. The Bertz CT molecular complexity index is 211. The highest BCUT2D eigenvalue weighted by Crippen LogP contribution is 2.23. The van der Waals surface area contributed by atoms with E-state index < -0.39 is 0 Å². The van der Waals surface area contributed by atoms with Gasteiger partial charge in [0.1, 0.15) is 6.10 Å². The molecule has 15 heavy (non-hydrogen) atoms. The first kappa shape index (κ1) is 14.7. The molecular formula is C11H22ClNO2. The number of rotatable bonds is 2. The molecule has 0 spiro atoms. The molecule has 1 aliphatic rings. The van der Waals surface area contributed by atoms with Crippen LogP contribution in [0.3, 0.4) is 0 Å². The van der Waals surface area contributed by atoms with E-state index in [9.17, 15) is 4.79 Å². The highest BCUT2D eigenvalue weighted by Gasteiger charge is 2.31. The summed E-state index contributed by atoms with van der Waals surface area (Å²) in [5.74, 6) is 0.380. The minimum absolute atomic E-state index is 0. The highest BCUT2D eigenvalue weighted by atomic mass is 35.5. The van der Waals surface area contributed by atoms with Crippen molar-refractivity contribution in [3.05, 3.63) is 0 Å². The van der Waals surface area contributed by atoms with Gasteiger partial charge in [-0.15, -0.1) is 12.4 Å². The minimum atomic E-state index is -0.0707. The summed E-state index contributed by atoms with van der Waals surface area (Å²) in [6, 6.07) is 0.515. The summed E-state index contributed by atoms with van der Waals surface area (Å²) in [6.07, 6.45) is 1.56. The van der Waals surface area contributed by atoms with Crippen molar-refractivity contribution in [3.63, 3.8) is 0 Å². The molecule has 3 atom stereocenters. The largest absolute Gasteiger partial charge is 0.462 e. The fraction of sp³-hybridized carbons (Fsp3) is 0.909. The van der Waals surface area contributed by atoms with Crippen molar-refractivity contribution in [1.82, 2.24) is 4.90 Å². The van der Waals surface area contributed by atoms with Crippen LogP contribution in [-0.2, 0) is 9.53 Å². The van der Waals surface area contributed by atoms with Crippen LogP contribution >= 0.6 is 12.4 Å². The predicted octanol–water partition coefficient (Wildman–Crippen LogP) is 2.09. The fourth-order valence-electron chi connectivity index (χ4n) is 1.92. The van der Waals surface area contributed by atoms with Crippen LogP contribution in [0.2, 0.25) is 0 Å². The fourth-order valence-corrected chi connectivity index (χ4v) is 1.92.